The molecule has 0 aromatic heterocycles. The molecule has 0 bridgehead atoms. The molecular formula is C15H20BrNO3. The number of rotatable bonds is 5. The molecule has 0 aliphatic heterocycles. The summed E-state index contributed by atoms with van der Waals surface area (Å²) in [5, 5.41) is 9.07. The zero-order valence-electron chi connectivity index (χ0n) is 12.0. The second kappa shape index (κ2) is 8.07. The smallest absolute Gasteiger partial charge is 0.414 e. The van der Waals surface area contributed by atoms with Gasteiger partial charge in [0.25, 0.3) is 0 Å². The van der Waals surface area contributed by atoms with Gasteiger partial charge in [-0.05, 0) is 37.1 Å². The van der Waals surface area contributed by atoms with Crippen molar-refractivity contribution in [3.8, 4) is 0 Å². The Labute approximate surface area is 128 Å². The molecule has 0 unspecified atom stereocenters. The highest BCUT2D eigenvalue weighted by molar-refractivity contribution is 9.10. The maximum atomic E-state index is 12.0. The molecule has 0 saturated heterocycles. The van der Waals surface area contributed by atoms with Crippen molar-refractivity contribution in [1.82, 2.24) is 0 Å². The van der Waals surface area contributed by atoms with E-state index in [-0.39, 0.29) is 6.61 Å². The van der Waals surface area contributed by atoms with Gasteiger partial charge in [-0.25, -0.2) is 4.79 Å². The van der Waals surface area contributed by atoms with E-state index in [1.807, 2.05) is 44.2 Å². The molecule has 0 fully saturated rings. The van der Waals surface area contributed by atoms with Gasteiger partial charge in [0.2, 0.25) is 0 Å². The average Bonchev–Trinajstić information content (AvgIpc) is 2.46. The van der Waals surface area contributed by atoms with Gasteiger partial charge in [-0.1, -0.05) is 35.0 Å². The van der Waals surface area contributed by atoms with Gasteiger partial charge in [-0.15, -0.1) is 0 Å². The Hall–Kier alpha value is -1.33. The lowest BCUT2D eigenvalue weighted by Gasteiger charge is -2.21. The Bertz CT molecular complexity index is 484. The number of aliphatic hydroxyl groups excluding tert-OH is 1. The van der Waals surface area contributed by atoms with Crippen molar-refractivity contribution in [1.29, 1.82) is 0 Å². The number of anilines is 1. The monoisotopic (exact) mass is 341 g/mol. The molecule has 110 valence electrons. The van der Waals surface area contributed by atoms with Crippen LogP contribution in [0.4, 0.5) is 10.5 Å². The van der Waals surface area contributed by atoms with Gasteiger partial charge in [0.05, 0.1) is 6.61 Å². The Kier molecular flexibility index (Phi) is 6.75. The van der Waals surface area contributed by atoms with Crippen LogP contribution in [0.15, 0.2) is 28.7 Å². The van der Waals surface area contributed by atoms with E-state index in [2.05, 4.69) is 15.9 Å². The highest BCUT2D eigenvalue weighted by Gasteiger charge is 2.17. The average molecular weight is 342 g/mol. The van der Waals surface area contributed by atoms with E-state index in [0.717, 1.165) is 15.7 Å². The lowest BCUT2D eigenvalue weighted by Crippen LogP contribution is -2.32. The Balaban J connectivity index is 2.88. The number of ether oxygens (including phenoxy) is 1. The van der Waals surface area contributed by atoms with Crippen LogP contribution in [0, 0.1) is 0 Å². The molecule has 1 rings (SSSR count). The highest BCUT2D eigenvalue weighted by atomic mass is 79.9. The van der Waals surface area contributed by atoms with Crippen molar-refractivity contribution < 1.29 is 14.6 Å². The normalized spacial score (nSPS) is 12.4. The molecule has 1 aromatic rings. The lowest BCUT2D eigenvalue weighted by molar-refractivity contribution is 0.0607. The number of allylic oxidation sites excluding steroid dienone is 1. The Morgan fingerprint density at radius 1 is 1.55 bits per heavy atom. The van der Waals surface area contributed by atoms with Gasteiger partial charge in [-0.3, -0.25) is 4.90 Å². The molecule has 20 heavy (non-hydrogen) atoms. The number of hydrogen-bond donors (Lipinski definition) is 1. The molecule has 1 amide bonds. The van der Waals surface area contributed by atoms with Crippen LogP contribution in [0.2, 0.25) is 0 Å². The summed E-state index contributed by atoms with van der Waals surface area (Å²) in [7, 11) is 1.65. The Morgan fingerprint density at radius 2 is 2.25 bits per heavy atom. The van der Waals surface area contributed by atoms with Gasteiger partial charge in [0, 0.05) is 17.2 Å². The predicted molar refractivity (Wildman–Crippen MR) is 84.9 cm³/mol. The molecule has 5 heteroatoms. The fraction of sp³-hybridized carbons (Fsp3) is 0.400. The molecule has 1 atom stereocenters. The van der Waals surface area contributed by atoms with E-state index in [0.29, 0.717) is 6.42 Å². The van der Waals surface area contributed by atoms with E-state index < -0.39 is 12.2 Å². The lowest BCUT2D eigenvalue weighted by atomic mass is 10.2. The third kappa shape index (κ3) is 4.35. The van der Waals surface area contributed by atoms with E-state index >= 15 is 0 Å². The van der Waals surface area contributed by atoms with Crippen LogP contribution in [0.3, 0.4) is 0 Å². The maximum Gasteiger partial charge on any atom is 0.414 e. The molecule has 0 spiro atoms. The van der Waals surface area contributed by atoms with Crippen molar-refractivity contribution >= 4 is 33.8 Å². The molecule has 1 N–H and O–H groups in total. The fourth-order valence-corrected chi connectivity index (χ4v) is 2.00. The van der Waals surface area contributed by atoms with Gasteiger partial charge < -0.3 is 9.84 Å². The second-order valence-corrected chi connectivity index (χ2v) is 5.22. The van der Waals surface area contributed by atoms with Crippen molar-refractivity contribution in [3.63, 3.8) is 0 Å². The van der Waals surface area contributed by atoms with Gasteiger partial charge in [-0.2, -0.15) is 0 Å². The zero-order valence-corrected chi connectivity index (χ0v) is 13.6. The third-order valence-electron chi connectivity index (χ3n) is 2.91. The standard InChI is InChI=1S/C15H20BrNO3/c1-4-6-11-9-12(7-8-14(11)16)17(3)15(19)20-13(5-2)10-18/h4,6-9,13,18H,5,10H2,1-3H3/b6-4+/t13-/m1/s1. The number of aliphatic hydroxyl groups is 1. The minimum Gasteiger partial charge on any atom is -0.443 e. The maximum absolute atomic E-state index is 12.0. The van der Waals surface area contributed by atoms with E-state index in [1.54, 1.807) is 7.05 Å². The molecule has 0 saturated carbocycles. The topological polar surface area (TPSA) is 49.8 Å². The molecule has 4 nitrogen and oxygen atoms in total. The summed E-state index contributed by atoms with van der Waals surface area (Å²) in [6.07, 6.45) is 3.53. The molecule has 0 heterocycles. The number of nitrogens with zero attached hydrogens (tertiary/aromatic N) is 1. The minimum absolute atomic E-state index is 0.166. The van der Waals surface area contributed by atoms with Crippen LogP contribution >= 0.6 is 15.9 Å². The van der Waals surface area contributed by atoms with Crippen molar-refractivity contribution in [3.05, 3.63) is 34.3 Å². The number of halogens is 1. The fourth-order valence-electron chi connectivity index (χ4n) is 1.62. The number of benzene rings is 1. The van der Waals surface area contributed by atoms with Crippen molar-refractivity contribution in [2.45, 2.75) is 26.4 Å². The van der Waals surface area contributed by atoms with E-state index in [1.165, 1.54) is 4.90 Å². The first kappa shape index (κ1) is 16.7. The molecule has 1 aromatic carbocycles. The molecule has 0 aliphatic rings. The van der Waals surface area contributed by atoms with Crippen LogP contribution in [-0.2, 0) is 4.74 Å². The first-order chi connectivity index (χ1) is 9.53. The predicted octanol–water partition coefficient (Wildman–Crippen LogP) is 3.83. The van der Waals surface area contributed by atoms with Gasteiger partial charge in [0.15, 0.2) is 0 Å². The Morgan fingerprint density at radius 3 is 2.80 bits per heavy atom. The minimum atomic E-state index is -0.473. The first-order valence-corrected chi connectivity index (χ1v) is 7.30. The zero-order chi connectivity index (χ0) is 15.1. The number of amides is 1. The summed E-state index contributed by atoms with van der Waals surface area (Å²) >= 11 is 3.46. The second-order valence-electron chi connectivity index (χ2n) is 4.36. The van der Waals surface area contributed by atoms with Gasteiger partial charge in [0.1, 0.15) is 6.10 Å². The summed E-state index contributed by atoms with van der Waals surface area (Å²) in [4.78, 5) is 13.4. The summed E-state index contributed by atoms with van der Waals surface area (Å²) in [5.41, 5.74) is 1.72. The summed E-state index contributed by atoms with van der Waals surface area (Å²) < 4.78 is 6.16. The van der Waals surface area contributed by atoms with E-state index in [9.17, 15) is 4.79 Å². The summed E-state index contributed by atoms with van der Waals surface area (Å²) in [6, 6.07) is 5.61. The van der Waals surface area contributed by atoms with Crippen LogP contribution in [0.25, 0.3) is 6.08 Å². The van der Waals surface area contributed by atoms with Crippen LogP contribution in [0.1, 0.15) is 25.8 Å². The largest absolute Gasteiger partial charge is 0.443 e. The van der Waals surface area contributed by atoms with Crippen LogP contribution in [0.5, 0.6) is 0 Å². The SMILES string of the molecule is C/C=C/c1cc(N(C)C(=O)O[C@H](CC)CO)ccc1Br. The molecular weight excluding hydrogens is 322 g/mol. The van der Waals surface area contributed by atoms with Crippen molar-refractivity contribution in [2.75, 3.05) is 18.6 Å². The highest BCUT2D eigenvalue weighted by Crippen LogP contribution is 2.24. The third-order valence-corrected chi connectivity index (χ3v) is 3.64. The summed E-state index contributed by atoms with van der Waals surface area (Å²) in [6.45, 7) is 3.63. The number of carbonyl (C=O) groups is 1. The molecule has 0 radical (unpaired) electrons. The van der Waals surface area contributed by atoms with Crippen LogP contribution in [-0.4, -0.2) is 31.0 Å². The quantitative estimate of drug-likeness (QED) is 0.885. The number of carbonyl (C=O) groups excluding carboxylic acids is 1. The number of hydrogen-bond acceptors (Lipinski definition) is 3. The first-order valence-electron chi connectivity index (χ1n) is 6.50. The summed E-state index contributed by atoms with van der Waals surface area (Å²) in [5.74, 6) is 0. The van der Waals surface area contributed by atoms with Crippen molar-refractivity contribution in [2.24, 2.45) is 0 Å². The van der Waals surface area contributed by atoms with E-state index in [4.69, 9.17) is 9.84 Å². The van der Waals surface area contributed by atoms with Gasteiger partial charge >= 0.3 is 6.09 Å². The molecule has 0 aliphatic carbocycles. The van der Waals surface area contributed by atoms with Crippen LogP contribution < -0.4 is 4.90 Å².